The van der Waals surface area contributed by atoms with Crippen LogP contribution in [0.15, 0.2) is 0 Å². The van der Waals surface area contributed by atoms with Gasteiger partial charge < -0.3 is 25.2 Å². The monoisotopic (exact) mass is 546 g/mol. The van der Waals surface area contributed by atoms with Gasteiger partial charge in [-0.1, -0.05) is 38.5 Å². The van der Waals surface area contributed by atoms with Gasteiger partial charge in [0.15, 0.2) is 0 Å². The molecule has 0 radical (unpaired) electrons. The van der Waals surface area contributed by atoms with Crippen LogP contribution >= 0.6 is 0 Å². The zero-order chi connectivity index (χ0) is 28.2. The quantitative estimate of drug-likeness (QED) is 0.181. The molecular formula is C26H50N4O8. The summed E-state index contributed by atoms with van der Waals surface area (Å²) in [5.74, 6) is -2.90. The SMILES string of the molecule is COCCCCCCCCCCC(O)N1CCN(CC(=O)O)CCN(CC(=O)O)CCN(CC(=O)O)CC1. The molecule has 12 heteroatoms. The van der Waals surface area contributed by atoms with Crippen molar-refractivity contribution in [2.45, 2.75) is 64.0 Å². The number of aliphatic hydroxyl groups is 1. The van der Waals surface area contributed by atoms with Gasteiger partial charge in [-0.15, -0.1) is 0 Å². The summed E-state index contributed by atoms with van der Waals surface area (Å²) in [7, 11) is 1.72. The van der Waals surface area contributed by atoms with E-state index in [2.05, 4.69) is 0 Å². The molecule has 222 valence electrons. The van der Waals surface area contributed by atoms with Crippen LogP contribution in [-0.2, 0) is 19.1 Å². The number of carboxylic acid groups (broad SMARTS) is 3. The Balaban J connectivity index is 2.66. The lowest BCUT2D eigenvalue weighted by Crippen LogP contribution is -2.50. The fraction of sp³-hybridized carbons (Fsp3) is 0.885. The smallest absolute Gasteiger partial charge is 0.317 e. The van der Waals surface area contributed by atoms with Crippen LogP contribution in [0.25, 0.3) is 0 Å². The molecule has 1 atom stereocenters. The van der Waals surface area contributed by atoms with Crippen LogP contribution in [-0.4, -0.2) is 150 Å². The molecule has 4 N–H and O–H groups in total. The van der Waals surface area contributed by atoms with Crippen molar-refractivity contribution in [3.05, 3.63) is 0 Å². The summed E-state index contributed by atoms with van der Waals surface area (Å²) in [6, 6.07) is 0. The maximum absolute atomic E-state index is 11.4. The van der Waals surface area contributed by atoms with E-state index >= 15 is 0 Å². The van der Waals surface area contributed by atoms with E-state index < -0.39 is 24.1 Å². The molecule has 0 amide bonds. The van der Waals surface area contributed by atoms with Crippen LogP contribution < -0.4 is 0 Å². The third-order valence-corrected chi connectivity index (χ3v) is 6.93. The van der Waals surface area contributed by atoms with Crippen molar-refractivity contribution in [3.8, 4) is 0 Å². The minimum absolute atomic E-state index is 0.165. The first-order chi connectivity index (χ1) is 18.2. The van der Waals surface area contributed by atoms with Gasteiger partial charge in [0.2, 0.25) is 0 Å². The molecule has 0 aromatic carbocycles. The van der Waals surface area contributed by atoms with Gasteiger partial charge in [0.1, 0.15) is 6.23 Å². The van der Waals surface area contributed by atoms with Crippen LogP contribution in [0, 0.1) is 0 Å². The standard InChI is InChI=1S/C26H50N4O8/c1-38-19-9-7-5-3-2-4-6-8-10-23(31)30-17-15-28(21-25(34)35)13-11-27(20-24(32)33)12-14-29(16-18-30)22-26(36)37/h23,31H,2-22H2,1H3,(H,32,33)(H,34,35)(H,36,37). The molecule has 1 heterocycles. The highest BCUT2D eigenvalue weighted by atomic mass is 16.5. The lowest BCUT2D eigenvalue weighted by atomic mass is 10.1. The van der Waals surface area contributed by atoms with Crippen molar-refractivity contribution >= 4 is 17.9 Å². The summed E-state index contributed by atoms with van der Waals surface area (Å²) in [6.45, 7) is 3.44. The van der Waals surface area contributed by atoms with Gasteiger partial charge in [0.25, 0.3) is 0 Å². The molecule has 1 aliphatic heterocycles. The van der Waals surface area contributed by atoms with E-state index in [1.165, 1.54) is 25.7 Å². The third-order valence-electron chi connectivity index (χ3n) is 6.93. The normalized spacial score (nSPS) is 18.5. The van der Waals surface area contributed by atoms with E-state index in [9.17, 15) is 34.8 Å². The van der Waals surface area contributed by atoms with Crippen LogP contribution in [0.3, 0.4) is 0 Å². The van der Waals surface area contributed by atoms with Crippen LogP contribution in [0.5, 0.6) is 0 Å². The first-order valence-corrected chi connectivity index (χ1v) is 13.9. The molecule has 0 saturated carbocycles. The average Bonchev–Trinajstić information content (AvgIpc) is 2.84. The summed E-state index contributed by atoms with van der Waals surface area (Å²) < 4.78 is 5.07. The predicted molar refractivity (Wildman–Crippen MR) is 143 cm³/mol. The predicted octanol–water partition coefficient (Wildman–Crippen LogP) is 0.938. The number of carboxylic acids is 3. The number of unbranched alkanes of at least 4 members (excludes halogenated alkanes) is 7. The van der Waals surface area contributed by atoms with Crippen LogP contribution in [0.2, 0.25) is 0 Å². The van der Waals surface area contributed by atoms with Crippen molar-refractivity contribution in [1.29, 1.82) is 0 Å². The van der Waals surface area contributed by atoms with Crippen molar-refractivity contribution in [2.75, 3.05) is 85.7 Å². The van der Waals surface area contributed by atoms with Crippen molar-refractivity contribution < 1.29 is 39.5 Å². The second kappa shape index (κ2) is 21.0. The highest BCUT2D eigenvalue weighted by Gasteiger charge is 2.22. The van der Waals surface area contributed by atoms with Crippen molar-refractivity contribution in [3.63, 3.8) is 0 Å². The summed E-state index contributed by atoms with van der Waals surface area (Å²) in [5.41, 5.74) is 0. The van der Waals surface area contributed by atoms with E-state index in [1.54, 1.807) is 21.8 Å². The molecule has 0 spiro atoms. The Bertz CT molecular complexity index is 637. The van der Waals surface area contributed by atoms with E-state index in [-0.39, 0.29) is 19.6 Å². The Morgan fingerprint density at radius 1 is 0.605 bits per heavy atom. The van der Waals surface area contributed by atoms with Crippen molar-refractivity contribution in [1.82, 2.24) is 19.6 Å². The maximum Gasteiger partial charge on any atom is 0.317 e. The number of ether oxygens (including phenoxy) is 1. The Hall–Kier alpha value is -1.83. The molecule has 1 unspecified atom stereocenters. The van der Waals surface area contributed by atoms with Gasteiger partial charge in [-0.3, -0.25) is 34.0 Å². The fourth-order valence-corrected chi connectivity index (χ4v) is 4.72. The molecular weight excluding hydrogens is 496 g/mol. The minimum Gasteiger partial charge on any atom is -0.480 e. The summed E-state index contributed by atoms with van der Waals surface area (Å²) >= 11 is 0. The van der Waals surface area contributed by atoms with E-state index in [0.717, 1.165) is 32.3 Å². The number of carbonyl (C=O) groups is 3. The number of methoxy groups -OCH3 is 1. The highest BCUT2D eigenvalue weighted by molar-refractivity contribution is 5.69. The molecule has 0 aliphatic carbocycles. The molecule has 0 aromatic rings. The zero-order valence-electron chi connectivity index (χ0n) is 23.1. The fourth-order valence-electron chi connectivity index (χ4n) is 4.72. The second-order valence-electron chi connectivity index (χ2n) is 10.1. The first kappa shape index (κ1) is 34.2. The lowest BCUT2D eigenvalue weighted by Gasteiger charge is -2.35. The summed E-state index contributed by atoms with van der Waals surface area (Å²) in [4.78, 5) is 41.2. The lowest BCUT2D eigenvalue weighted by molar-refractivity contribution is -0.140. The largest absolute Gasteiger partial charge is 0.480 e. The summed E-state index contributed by atoms with van der Waals surface area (Å²) in [5, 5.41) is 38.9. The van der Waals surface area contributed by atoms with Gasteiger partial charge in [0, 0.05) is 66.1 Å². The number of nitrogens with zero attached hydrogens (tertiary/aromatic N) is 4. The van der Waals surface area contributed by atoms with Gasteiger partial charge in [0.05, 0.1) is 19.6 Å². The first-order valence-electron chi connectivity index (χ1n) is 13.9. The van der Waals surface area contributed by atoms with Gasteiger partial charge in [-0.05, 0) is 19.3 Å². The molecule has 12 nitrogen and oxygen atoms in total. The van der Waals surface area contributed by atoms with Gasteiger partial charge in [-0.2, -0.15) is 0 Å². The average molecular weight is 547 g/mol. The summed E-state index contributed by atoms with van der Waals surface area (Å²) in [6.07, 6.45) is 8.88. The Morgan fingerprint density at radius 3 is 1.32 bits per heavy atom. The third kappa shape index (κ3) is 17.6. The maximum atomic E-state index is 11.4. The molecule has 0 bridgehead atoms. The second-order valence-corrected chi connectivity index (χ2v) is 10.1. The van der Waals surface area contributed by atoms with Crippen molar-refractivity contribution in [2.24, 2.45) is 0 Å². The van der Waals surface area contributed by atoms with Crippen LogP contribution in [0.4, 0.5) is 0 Å². The minimum atomic E-state index is -0.983. The highest BCUT2D eigenvalue weighted by Crippen LogP contribution is 2.13. The number of hydrogen-bond donors (Lipinski definition) is 4. The molecule has 1 fully saturated rings. The number of rotatable bonds is 18. The Labute approximate surface area is 227 Å². The molecule has 1 saturated heterocycles. The molecule has 1 aliphatic rings. The Morgan fingerprint density at radius 2 is 0.947 bits per heavy atom. The van der Waals surface area contributed by atoms with E-state index in [0.29, 0.717) is 58.8 Å². The molecule has 0 aromatic heterocycles. The number of hydrogen-bond acceptors (Lipinski definition) is 9. The number of aliphatic carboxylic acids is 3. The van der Waals surface area contributed by atoms with Gasteiger partial charge in [-0.25, -0.2) is 0 Å². The number of aliphatic hydroxyl groups excluding tert-OH is 1. The van der Waals surface area contributed by atoms with E-state index in [4.69, 9.17) is 4.74 Å². The molecule has 38 heavy (non-hydrogen) atoms. The topological polar surface area (TPSA) is 154 Å². The van der Waals surface area contributed by atoms with E-state index in [1.807, 2.05) is 4.90 Å². The Kier molecular flexibility index (Phi) is 18.9. The zero-order valence-corrected chi connectivity index (χ0v) is 23.1. The van der Waals surface area contributed by atoms with Gasteiger partial charge >= 0.3 is 17.9 Å². The molecule has 1 rings (SSSR count). The van der Waals surface area contributed by atoms with Crippen LogP contribution in [0.1, 0.15) is 57.8 Å².